The number of carbonyl (C=O) groups is 1. The van der Waals surface area contributed by atoms with E-state index in [1.54, 1.807) is 14.2 Å². The van der Waals surface area contributed by atoms with Gasteiger partial charge in [-0.05, 0) is 76.9 Å². The summed E-state index contributed by atoms with van der Waals surface area (Å²) in [6, 6.07) is 5.87. The second kappa shape index (κ2) is 11.4. The van der Waals surface area contributed by atoms with E-state index >= 15 is 0 Å². The second-order valence-corrected chi connectivity index (χ2v) is 8.90. The number of aliphatic hydroxyl groups excluding tert-OH is 1. The smallest absolute Gasteiger partial charge is 0.269 e. The molecule has 2 aromatic heterocycles. The number of aromatic nitrogens is 2. The molecule has 1 atom stereocenters. The molecule has 1 amide bonds. The minimum atomic E-state index is -0.243. The topological polar surface area (TPSA) is 113 Å². The van der Waals surface area contributed by atoms with Crippen LogP contribution in [0.5, 0.6) is 0 Å². The van der Waals surface area contributed by atoms with Crippen LogP contribution in [0.1, 0.15) is 66.1 Å². The molecule has 0 aromatic carbocycles. The summed E-state index contributed by atoms with van der Waals surface area (Å²) in [4.78, 5) is 25.3. The lowest BCUT2D eigenvalue weighted by Gasteiger charge is -2.27. The lowest BCUT2D eigenvalue weighted by molar-refractivity contribution is 0.0958. The molecule has 3 N–H and O–H groups in total. The number of hydrogen-bond donors (Lipinski definition) is 3. The number of methoxy groups -OCH3 is 1. The van der Waals surface area contributed by atoms with Gasteiger partial charge in [-0.25, -0.2) is 15.0 Å². The molecule has 0 radical (unpaired) electrons. The van der Waals surface area contributed by atoms with Crippen molar-refractivity contribution in [1.82, 2.24) is 15.0 Å². The first-order valence-electron chi connectivity index (χ1n) is 11.7. The van der Waals surface area contributed by atoms with Gasteiger partial charge in [0.05, 0.1) is 18.8 Å². The fourth-order valence-electron chi connectivity index (χ4n) is 4.50. The van der Waals surface area contributed by atoms with E-state index in [9.17, 15) is 9.90 Å². The first-order valence-corrected chi connectivity index (χ1v) is 11.7. The van der Waals surface area contributed by atoms with Crippen LogP contribution < -0.4 is 10.7 Å². The normalized spacial score (nSPS) is 19.5. The largest absolute Gasteiger partial charge is 0.393 e. The van der Waals surface area contributed by atoms with Crippen LogP contribution in [0.4, 0.5) is 0 Å². The predicted octanol–water partition coefficient (Wildman–Crippen LogP) is 3.18. The number of pyridine rings is 1. The molecule has 9 heteroatoms. The average Bonchev–Trinajstić information content (AvgIpc) is 3.14. The standard InChI is InChI=1S/C25H36N6O3/c1-15-11-19(12-22(28-15)24(33)26-4)21-13-23(18-7-9-20(32)10-8-18)31(17(21)3)30-25(27-5)29-16(2)14-34-6/h11-13,16,18,20,32H,5,7-10,14H2,1-4,6H3,(H,26,33)(H,29,30)/t16-,18?,20?/m0/s1. The summed E-state index contributed by atoms with van der Waals surface area (Å²) in [5, 5.41) is 12.7. The lowest BCUT2D eigenvalue weighted by Crippen LogP contribution is -2.28. The number of ether oxygens (including phenoxy) is 1. The molecule has 184 valence electrons. The van der Waals surface area contributed by atoms with E-state index in [1.165, 1.54) is 0 Å². The van der Waals surface area contributed by atoms with Crippen molar-refractivity contribution in [1.29, 1.82) is 0 Å². The van der Waals surface area contributed by atoms with E-state index in [0.29, 0.717) is 18.3 Å². The Morgan fingerprint density at radius 2 is 2.00 bits per heavy atom. The van der Waals surface area contributed by atoms with Crippen molar-refractivity contribution in [3.05, 3.63) is 41.0 Å². The summed E-state index contributed by atoms with van der Waals surface area (Å²) >= 11 is 0. The third-order valence-corrected chi connectivity index (χ3v) is 6.23. The lowest BCUT2D eigenvalue weighted by atomic mass is 9.85. The number of rotatable bonds is 7. The summed E-state index contributed by atoms with van der Waals surface area (Å²) in [6.45, 7) is 10.0. The number of carbonyl (C=O) groups excluding carboxylic acids is 1. The van der Waals surface area contributed by atoms with Gasteiger partial charge in [0.25, 0.3) is 5.91 Å². The molecule has 0 saturated heterocycles. The number of aliphatic imine (C=N–C) groups is 2. The van der Waals surface area contributed by atoms with Gasteiger partial charge in [-0.3, -0.25) is 14.9 Å². The number of hydrogen-bond acceptors (Lipinski definition) is 5. The molecule has 3 rings (SSSR count). The van der Waals surface area contributed by atoms with Crippen molar-refractivity contribution in [3.63, 3.8) is 0 Å². The van der Waals surface area contributed by atoms with Gasteiger partial charge < -0.3 is 15.2 Å². The minimum Gasteiger partial charge on any atom is -0.393 e. The van der Waals surface area contributed by atoms with Gasteiger partial charge >= 0.3 is 0 Å². The molecule has 0 bridgehead atoms. The van der Waals surface area contributed by atoms with Crippen molar-refractivity contribution in [2.45, 2.75) is 64.5 Å². The Bertz CT molecular complexity index is 1050. The molecule has 1 fully saturated rings. The van der Waals surface area contributed by atoms with Crippen LogP contribution in [-0.4, -0.2) is 66.3 Å². The Hall–Kier alpha value is -3.04. The maximum Gasteiger partial charge on any atom is 0.269 e. The van der Waals surface area contributed by atoms with Gasteiger partial charge in [-0.15, -0.1) is 0 Å². The van der Waals surface area contributed by atoms with Crippen LogP contribution in [0.3, 0.4) is 0 Å². The Morgan fingerprint density at radius 3 is 2.62 bits per heavy atom. The highest BCUT2D eigenvalue weighted by molar-refractivity contribution is 5.94. The zero-order chi connectivity index (χ0) is 24.8. The molecule has 0 unspecified atom stereocenters. The molecule has 34 heavy (non-hydrogen) atoms. The van der Waals surface area contributed by atoms with Crippen LogP contribution in [0.25, 0.3) is 11.1 Å². The summed E-state index contributed by atoms with van der Waals surface area (Å²) in [5.74, 6) is 0.454. The van der Waals surface area contributed by atoms with Gasteiger partial charge in [-0.1, -0.05) is 0 Å². The Kier molecular flexibility index (Phi) is 8.57. The van der Waals surface area contributed by atoms with Crippen LogP contribution in [0, 0.1) is 13.8 Å². The number of guanidine groups is 1. The number of aliphatic hydroxyl groups is 1. The van der Waals surface area contributed by atoms with E-state index in [0.717, 1.165) is 53.9 Å². The van der Waals surface area contributed by atoms with Crippen molar-refractivity contribution in [2.24, 2.45) is 9.98 Å². The van der Waals surface area contributed by atoms with Crippen LogP contribution in [-0.2, 0) is 4.74 Å². The van der Waals surface area contributed by atoms with E-state index in [4.69, 9.17) is 4.74 Å². The van der Waals surface area contributed by atoms with Gasteiger partial charge in [0, 0.05) is 42.7 Å². The highest BCUT2D eigenvalue weighted by Crippen LogP contribution is 2.37. The Morgan fingerprint density at radius 1 is 1.29 bits per heavy atom. The monoisotopic (exact) mass is 468 g/mol. The number of nitrogens with one attached hydrogen (secondary N) is 2. The number of nitrogens with zero attached hydrogens (tertiary/aromatic N) is 4. The highest BCUT2D eigenvalue weighted by atomic mass is 16.5. The Labute approximate surface area is 201 Å². The average molecular weight is 469 g/mol. The van der Waals surface area contributed by atoms with Gasteiger partial charge in [-0.2, -0.15) is 0 Å². The molecule has 1 aliphatic rings. The third-order valence-electron chi connectivity index (χ3n) is 6.23. The zero-order valence-electron chi connectivity index (χ0n) is 20.8. The van der Waals surface area contributed by atoms with Crippen LogP contribution in [0.15, 0.2) is 28.2 Å². The van der Waals surface area contributed by atoms with Crippen molar-refractivity contribution in [3.8, 4) is 11.1 Å². The van der Waals surface area contributed by atoms with Crippen molar-refractivity contribution >= 4 is 18.6 Å². The minimum absolute atomic E-state index is 0.0837. The van der Waals surface area contributed by atoms with E-state index in [-0.39, 0.29) is 24.0 Å². The molecule has 1 saturated carbocycles. The molecular weight excluding hydrogens is 432 g/mol. The van der Waals surface area contributed by atoms with E-state index < -0.39 is 0 Å². The maximum atomic E-state index is 12.3. The predicted molar refractivity (Wildman–Crippen MR) is 135 cm³/mol. The summed E-state index contributed by atoms with van der Waals surface area (Å²) < 4.78 is 7.21. The third kappa shape index (κ3) is 5.90. The van der Waals surface area contributed by atoms with Gasteiger partial charge in [0.2, 0.25) is 5.96 Å². The maximum absolute atomic E-state index is 12.3. The number of amides is 1. The van der Waals surface area contributed by atoms with E-state index in [1.807, 2.05) is 37.6 Å². The molecule has 9 nitrogen and oxygen atoms in total. The molecular formula is C25H36N6O3. The van der Waals surface area contributed by atoms with E-state index in [2.05, 4.69) is 38.5 Å². The van der Waals surface area contributed by atoms with Crippen LogP contribution in [0.2, 0.25) is 0 Å². The molecule has 1 aliphatic carbocycles. The quantitative estimate of drug-likeness (QED) is 0.427. The van der Waals surface area contributed by atoms with Crippen molar-refractivity contribution < 1.29 is 14.6 Å². The Balaban J connectivity index is 2.08. The second-order valence-electron chi connectivity index (χ2n) is 8.90. The first-order chi connectivity index (χ1) is 16.3. The molecule has 2 heterocycles. The van der Waals surface area contributed by atoms with Crippen molar-refractivity contribution in [2.75, 3.05) is 26.2 Å². The molecule has 2 aromatic rings. The summed E-state index contributed by atoms with van der Waals surface area (Å²) in [5.41, 5.74) is 8.45. The molecule has 0 spiro atoms. The zero-order valence-corrected chi connectivity index (χ0v) is 20.8. The fourth-order valence-corrected chi connectivity index (χ4v) is 4.50. The first kappa shape index (κ1) is 25.6. The summed E-state index contributed by atoms with van der Waals surface area (Å²) in [6.07, 6.45) is 3.07. The van der Waals surface area contributed by atoms with Gasteiger partial charge in [0.15, 0.2) is 0 Å². The molecule has 0 aliphatic heterocycles. The fraction of sp³-hybridized carbons (Fsp3) is 0.520. The van der Waals surface area contributed by atoms with Crippen LogP contribution >= 0.6 is 0 Å². The number of aryl methyl sites for hydroxylation is 1. The SMILES string of the molecule is C=NC(=N[C@@H](C)COC)Nn1c(C2CCC(O)CC2)cc(-c2cc(C)nc(C(=O)NC)c2)c1C. The summed E-state index contributed by atoms with van der Waals surface area (Å²) in [7, 11) is 3.24. The highest BCUT2D eigenvalue weighted by Gasteiger charge is 2.26. The van der Waals surface area contributed by atoms with Gasteiger partial charge in [0.1, 0.15) is 5.69 Å².